The molecule has 4 nitrogen and oxygen atoms in total. The first-order valence-corrected chi connectivity index (χ1v) is 7.73. The lowest BCUT2D eigenvalue weighted by molar-refractivity contribution is 0.267. The van der Waals surface area contributed by atoms with E-state index in [2.05, 4.69) is 0 Å². The van der Waals surface area contributed by atoms with Gasteiger partial charge in [0, 0.05) is 13.6 Å². The van der Waals surface area contributed by atoms with Crippen molar-refractivity contribution >= 4 is 10.0 Å². The molecule has 1 aromatic carbocycles. The molecule has 7 heteroatoms. The van der Waals surface area contributed by atoms with Crippen molar-refractivity contribution in [2.45, 2.75) is 31.8 Å². The summed E-state index contributed by atoms with van der Waals surface area (Å²) in [5.41, 5.74) is -0.636. The lowest BCUT2D eigenvalue weighted by Gasteiger charge is -2.21. The molecule has 0 saturated heterocycles. The van der Waals surface area contributed by atoms with Crippen LogP contribution in [0.15, 0.2) is 17.0 Å². The van der Waals surface area contributed by atoms with Crippen LogP contribution in [0.4, 0.5) is 8.78 Å². The van der Waals surface area contributed by atoms with Gasteiger partial charge in [-0.3, -0.25) is 0 Å². The molecule has 0 heterocycles. The van der Waals surface area contributed by atoms with Crippen molar-refractivity contribution in [2.75, 3.05) is 13.6 Å². The van der Waals surface area contributed by atoms with E-state index in [-0.39, 0.29) is 12.5 Å². The Morgan fingerprint density at radius 3 is 2.45 bits per heavy atom. The Morgan fingerprint density at radius 2 is 1.95 bits per heavy atom. The second-order valence-corrected chi connectivity index (χ2v) is 6.81. The summed E-state index contributed by atoms with van der Waals surface area (Å²) in [6.45, 7) is 3.15. The zero-order valence-electron chi connectivity index (χ0n) is 11.7. The van der Waals surface area contributed by atoms with Gasteiger partial charge in [-0.25, -0.2) is 21.5 Å². The third-order valence-corrected chi connectivity index (χ3v) is 5.10. The Morgan fingerprint density at radius 1 is 1.35 bits per heavy atom. The number of aliphatic hydroxyl groups excluding tert-OH is 1. The number of hydrogen-bond donors (Lipinski definition) is 1. The third-order valence-electron chi connectivity index (χ3n) is 3.26. The number of benzene rings is 1. The zero-order valence-corrected chi connectivity index (χ0v) is 12.5. The maximum atomic E-state index is 14.0. The lowest BCUT2D eigenvalue weighted by atomic mass is 10.1. The van der Waals surface area contributed by atoms with Gasteiger partial charge in [0.05, 0.1) is 12.2 Å². The van der Waals surface area contributed by atoms with E-state index < -0.39 is 38.7 Å². The van der Waals surface area contributed by atoms with Crippen LogP contribution < -0.4 is 0 Å². The second-order valence-electron chi connectivity index (χ2n) is 4.80. The molecular formula is C13H19F2NO3S. The second kappa shape index (κ2) is 6.60. The van der Waals surface area contributed by atoms with E-state index in [1.165, 1.54) is 7.05 Å². The highest BCUT2D eigenvalue weighted by Crippen LogP contribution is 2.24. The molecule has 0 aromatic heterocycles. The zero-order chi connectivity index (χ0) is 15.5. The molecule has 0 amide bonds. The van der Waals surface area contributed by atoms with Crippen LogP contribution >= 0.6 is 0 Å². The predicted octanol–water partition coefficient (Wildman–Crippen LogP) is 2.12. The summed E-state index contributed by atoms with van der Waals surface area (Å²) in [4.78, 5) is -0.617. The van der Waals surface area contributed by atoms with Crippen LogP contribution in [0.5, 0.6) is 0 Å². The monoisotopic (exact) mass is 307 g/mol. The van der Waals surface area contributed by atoms with Crippen LogP contribution in [0.3, 0.4) is 0 Å². The number of rotatable bonds is 6. The average molecular weight is 307 g/mol. The molecule has 20 heavy (non-hydrogen) atoms. The summed E-state index contributed by atoms with van der Waals surface area (Å²) in [6, 6.07) is 1.73. The maximum absolute atomic E-state index is 14.0. The smallest absolute Gasteiger partial charge is 0.245 e. The molecule has 0 radical (unpaired) electrons. The summed E-state index contributed by atoms with van der Waals surface area (Å²) in [5.74, 6) is -2.08. The molecule has 0 aliphatic heterocycles. The van der Waals surface area contributed by atoms with Gasteiger partial charge in [-0.2, -0.15) is 0 Å². The third kappa shape index (κ3) is 3.34. The fourth-order valence-corrected chi connectivity index (χ4v) is 3.13. The van der Waals surface area contributed by atoms with Crippen molar-refractivity contribution in [3.8, 4) is 0 Å². The van der Waals surface area contributed by atoms with Crippen molar-refractivity contribution in [1.82, 2.24) is 4.31 Å². The van der Waals surface area contributed by atoms with E-state index in [4.69, 9.17) is 5.11 Å². The van der Waals surface area contributed by atoms with Gasteiger partial charge in [0.1, 0.15) is 10.7 Å². The van der Waals surface area contributed by atoms with Crippen molar-refractivity contribution < 1.29 is 22.3 Å². The highest BCUT2D eigenvalue weighted by molar-refractivity contribution is 7.89. The van der Waals surface area contributed by atoms with Crippen LogP contribution in [-0.4, -0.2) is 31.4 Å². The molecule has 1 unspecified atom stereocenters. The van der Waals surface area contributed by atoms with Crippen LogP contribution in [-0.2, 0) is 16.6 Å². The van der Waals surface area contributed by atoms with E-state index in [1.807, 2.05) is 13.8 Å². The van der Waals surface area contributed by atoms with E-state index in [0.717, 1.165) is 22.9 Å². The van der Waals surface area contributed by atoms with Crippen LogP contribution in [0, 0.1) is 17.6 Å². The van der Waals surface area contributed by atoms with E-state index in [9.17, 15) is 17.2 Å². The standard InChI is InChI=1S/C13H19F2NO3S/c1-4-9(2)7-16(3)20(18,19)12-6-5-11(14)10(8-17)13(12)15/h5-6,9,17H,4,7-8H2,1-3H3. The topological polar surface area (TPSA) is 57.6 Å². The number of hydrogen-bond acceptors (Lipinski definition) is 3. The van der Waals surface area contributed by atoms with Gasteiger partial charge in [-0.1, -0.05) is 20.3 Å². The van der Waals surface area contributed by atoms with Crippen LogP contribution in [0.25, 0.3) is 0 Å². The molecule has 0 spiro atoms. The molecule has 114 valence electrons. The highest BCUT2D eigenvalue weighted by atomic mass is 32.2. The molecule has 1 aromatic rings. The van der Waals surface area contributed by atoms with Crippen LogP contribution in [0.1, 0.15) is 25.8 Å². The Bertz CT molecular complexity index is 575. The summed E-state index contributed by atoms with van der Waals surface area (Å²) in [7, 11) is -2.69. The summed E-state index contributed by atoms with van der Waals surface area (Å²) >= 11 is 0. The van der Waals surface area contributed by atoms with Crippen molar-refractivity contribution in [2.24, 2.45) is 5.92 Å². The summed E-state index contributed by atoms with van der Waals surface area (Å²) in [6.07, 6.45) is 0.785. The molecule has 0 bridgehead atoms. The van der Waals surface area contributed by atoms with Gasteiger partial charge in [-0.15, -0.1) is 0 Å². The van der Waals surface area contributed by atoms with Gasteiger partial charge >= 0.3 is 0 Å². The SMILES string of the molecule is CCC(C)CN(C)S(=O)(=O)c1ccc(F)c(CO)c1F. The Kier molecular flexibility index (Phi) is 5.61. The van der Waals surface area contributed by atoms with Crippen molar-refractivity contribution in [3.63, 3.8) is 0 Å². The number of halogens is 2. The van der Waals surface area contributed by atoms with Crippen LogP contribution in [0.2, 0.25) is 0 Å². The fourth-order valence-electron chi connectivity index (χ4n) is 1.75. The van der Waals surface area contributed by atoms with Gasteiger partial charge in [0.15, 0.2) is 5.82 Å². The Balaban J connectivity index is 3.23. The Hall–Kier alpha value is -1.05. The summed E-state index contributed by atoms with van der Waals surface area (Å²) < 4.78 is 52.9. The first kappa shape index (κ1) is 17.0. The van der Waals surface area contributed by atoms with Gasteiger partial charge in [0.2, 0.25) is 10.0 Å². The normalized spacial score (nSPS) is 13.8. The summed E-state index contributed by atoms with van der Waals surface area (Å²) in [5, 5.41) is 8.92. The van der Waals surface area contributed by atoms with Crippen molar-refractivity contribution in [1.29, 1.82) is 0 Å². The van der Waals surface area contributed by atoms with Gasteiger partial charge < -0.3 is 5.11 Å². The minimum absolute atomic E-state index is 0.121. The lowest BCUT2D eigenvalue weighted by Crippen LogP contribution is -2.31. The molecule has 0 aliphatic carbocycles. The first-order chi connectivity index (χ1) is 9.25. The molecule has 1 rings (SSSR count). The molecule has 1 N–H and O–H groups in total. The molecule has 1 atom stereocenters. The number of aliphatic hydroxyl groups is 1. The highest BCUT2D eigenvalue weighted by Gasteiger charge is 2.27. The molecule has 0 fully saturated rings. The average Bonchev–Trinajstić information content (AvgIpc) is 2.38. The van der Waals surface area contributed by atoms with Crippen molar-refractivity contribution in [3.05, 3.63) is 29.3 Å². The quantitative estimate of drug-likeness (QED) is 0.876. The van der Waals surface area contributed by atoms with E-state index in [0.29, 0.717) is 0 Å². The number of nitrogens with zero attached hydrogens (tertiary/aromatic N) is 1. The number of sulfonamides is 1. The molecular weight excluding hydrogens is 288 g/mol. The molecule has 0 aliphatic rings. The van der Waals surface area contributed by atoms with E-state index in [1.54, 1.807) is 0 Å². The largest absolute Gasteiger partial charge is 0.391 e. The van der Waals surface area contributed by atoms with Gasteiger partial charge in [0.25, 0.3) is 0 Å². The Labute approximate surface area is 118 Å². The maximum Gasteiger partial charge on any atom is 0.245 e. The van der Waals surface area contributed by atoms with Gasteiger partial charge in [-0.05, 0) is 18.1 Å². The predicted molar refractivity (Wildman–Crippen MR) is 71.6 cm³/mol. The first-order valence-electron chi connectivity index (χ1n) is 6.29. The molecule has 0 saturated carbocycles. The minimum atomic E-state index is -4.04. The minimum Gasteiger partial charge on any atom is -0.391 e. The van der Waals surface area contributed by atoms with E-state index >= 15 is 0 Å². The fraction of sp³-hybridized carbons (Fsp3) is 0.538.